The van der Waals surface area contributed by atoms with Gasteiger partial charge in [-0.05, 0) is 55.6 Å². The molecule has 1 unspecified atom stereocenters. The average Bonchev–Trinajstić information content (AvgIpc) is 3.05. The van der Waals surface area contributed by atoms with Crippen LogP contribution in [0.3, 0.4) is 0 Å². The second-order valence-electron chi connectivity index (χ2n) is 5.96. The van der Waals surface area contributed by atoms with Crippen molar-refractivity contribution in [1.29, 1.82) is 0 Å². The largest absolute Gasteiger partial charge is 0.350 e. The van der Waals surface area contributed by atoms with Crippen molar-refractivity contribution in [1.82, 2.24) is 20.4 Å². The number of benzene rings is 1. The predicted octanol–water partition coefficient (Wildman–Crippen LogP) is 3.09. The summed E-state index contributed by atoms with van der Waals surface area (Å²) >= 11 is 11.9. The number of carbonyl (C=O) groups excluding carboxylic acids is 1. The Bertz CT molecular complexity index is 690. The van der Waals surface area contributed by atoms with Gasteiger partial charge in [-0.15, -0.1) is 0 Å². The van der Waals surface area contributed by atoms with E-state index in [1.54, 1.807) is 12.1 Å². The number of nitrogens with zero attached hydrogens (tertiary/aromatic N) is 2. The van der Waals surface area contributed by atoms with Crippen molar-refractivity contribution in [3.8, 4) is 0 Å². The lowest BCUT2D eigenvalue weighted by molar-refractivity contribution is 0.0948. The fourth-order valence-electron chi connectivity index (χ4n) is 2.89. The Balaban J connectivity index is 1.52. The molecular formula is C17H20Cl2N4O. The van der Waals surface area contributed by atoms with Gasteiger partial charge in [0.05, 0.1) is 6.04 Å². The number of hydrogen-bond donors (Lipinski definition) is 2. The Morgan fingerprint density at radius 2 is 2.12 bits per heavy atom. The highest BCUT2D eigenvalue weighted by Gasteiger charge is 2.17. The third kappa shape index (κ3) is 4.50. The zero-order chi connectivity index (χ0) is 16.9. The maximum Gasteiger partial charge on any atom is 0.271 e. The topological polar surface area (TPSA) is 59.0 Å². The molecule has 1 aliphatic heterocycles. The molecule has 1 amide bonds. The van der Waals surface area contributed by atoms with E-state index in [9.17, 15) is 4.79 Å². The quantitative estimate of drug-likeness (QED) is 0.854. The summed E-state index contributed by atoms with van der Waals surface area (Å²) in [4.78, 5) is 12.2. The Morgan fingerprint density at radius 1 is 1.33 bits per heavy atom. The van der Waals surface area contributed by atoms with Crippen LogP contribution in [0.1, 0.15) is 34.9 Å². The first-order valence-electron chi connectivity index (χ1n) is 8.11. The first-order valence-corrected chi connectivity index (χ1v) is 8.86. The van der Waals surface area contributed by atoms with E-state index in [0.717, 1.165) is 31.5 Å². The molecule has 1 aliphatic rings. The molecule has 3 rings (SSSR count). The van der Waals surface area contributed by atoms with Gasteiger partial charge in [0, 0.05) is 29.3 Å². The van der Waals surface area contributed by atoms with Gasteiger partial charge in [-0.2, -0.15) is 5.10 Å². The van der Waals surface area contributed by atoms with Gasteiger partial charge in [-0.3, -0.25) is 9.48 Å². The van der Waals surface area contributed by atoms with Crippen LogP contribution in [0.25, 0.3) is 0 Å². The molecule has 1 saturated heterocycles. The van der Waals surface area contributed by atoms with Crippen LogP contribution in [0.15, 0.2) is 30.5 Å². The molecule has 1 aromatic heterocycles. The van der Waals surface area contributed by atoms with Crippen LogP contribution in [0.5, 0.6) is 0 Å². The molecule has 1 aromatic carbocycles. The lowest BCUT2D eigenvalue weighted by atomic mass is 10.1. The molecule has 0 aliphatic carbocycles. The Labute approximate surface area is 151 Å². The van der Waals surface area contributed by atoms with Crippen LogP contribution in [0, 0.1) is 0 Å². The Kier molecular flexibility index (Phi) is 5.76. The molecule has 0 spiro atoms. The van der Waals surface area contributed by atoms with Gasteiger partial charge in [0.1, 0.15) is 5.69 Å². The summed E-state index contributed by atoms with van der Waals surface area (Å²) in [5.74, 6) is -0.161. The number of carbonyl (C=O) groups is 1. The Morgan fingerprint density at radius 3 is 2.83 bits per heavy atom. The molecule has 2 aromatic rings. The second-order valence-corrected chi connectivity index (χ2v) is 6.84. The first-order chi connectivity index (χ1) is 11.6. The molecule has 5 nitrogen and oxygen atoms in total. The highest BCUT2D eigenvalue weighted by atomic mass is 35.5. The SMILES string of the molecule is O=C(NCCc1cc(Cl)cc(Cl)c1)c1ccn(C2CCCNC2)n1. The third-order valence-corrected chi connectivity index (χ3v) is 4.54. The first kappa shape index (κ1) is 17.3. The fourth-order valence-corrected chi connectivity index (χ4v) is 3.46. The van der Waals surface area contributed by atoms with Crippen molar-refractivity contribution in [3.63, 3.8) is 0 Å². The summed E-state index contributed by atoms with van der Waals surface area (Å²) in [5, 5.41) is 11.8. The minimum absolute atomic E-state index is 0.161. The number of halogens is 2. The van der Waals surface area contributed by atoms with Crippen molar-refractivity contribution in [2.24, 2.45) is 0 Å². The maximum atomic E-state index is 12.2. The zero-order valence-corrected chi connectivity index (χ0v) is 14.8. The molecular weight excluding hydrogens is 347 g/mol. The van der Waals surface area contributed by atoms with Crippen molar-refractivity contribution >= 4 is 29.1 Å². The molecule has 2 heterocycles. The van der Waals surface area contributed by atoms with Crippen molar-refractivity contribution in [2.75, 3.05) is 19.6 Å². The summed E-state index contributed by atoms with van der Waals surface area (Å²) in [6.45, 7) is 2.46. The summed E-state index contributed by atoms with van der Waals surface area (Å²) in [5.41, 5.74) is 1.44. The smallest absolute Gasteiger partial charge is 0.271 e. The van der Waals surface area contributed by atoms with Gasteiger partial charge in [0.25, 0.3) is 5.91 Å². The van der Waals surface area contributed by atoms with Crippen LogP contribution in [-0.2, 0) is 6.42 Å². The van der Waals surface area contributed by atoms with E-state index in [2.05, 4.69) is 15.7 Å². The molecule has 2 N–H and O–H groups in total. The van der Waals surface area contributed by atoms with E-state index in [-0.39, 0.29) is 5.91 Å². The molecule has 1 fully saturated rings. The predicted molar refractivity (Wildman–Crippen MR) is 95.9 cm³/mol. The van der Waals surface area contributed by atoms with Gasteiger partial charge in [-0.25, -0.2) is 0 Å². The van der Waals surface area contributed by atoms with Crippen LogP contribution < -0.4 is 10.6 Å². The van der Waals surface area contributed by atoms with Crippen molar-refractivity contribution < 1.29 is 4.79 Å². The molecule has 0 radical (unpaired) electrons. The molecule has 0 saturated carbocycles. The third-order valence-electron chi connectivity index (χ3n) is 4.11. The molecule has 1 atom stereocenters. The fraction of sp³-hybridized carbons (Fsp3) is 0.412. The van der Waals surface area contributed by atoms with E-state index in [1.165, 1.54) is 0 Å². The number of nitrogens with one attached hydrogen (secondary N) is 2. The van der Waals surface area contributed by atoms with Crippen LogP contribution in [0.2, 0.25) is 10.0 Å². The second kappa shape index (κ2) is 8.01. The van der Waals surface area contributed by atoms with E-state index in [4.69, 9.17) is 23.2 Å². The number of piperidine rings is 1. The number of rotatable bonds is 5. The Hall–Kier alpha value is -1.56. The van der Waals surface area contributed by atoms with Gasteiger partial charge in [0.15, 0.2) is 0 Å². The maximum absolute atomic E-state index is 12.2. The van der Waals surface area contributed by atoms with Crippen LogP contribution >= 0.6 is 23.2 Å². The number of hydrogen-bond acceptors (Lipinski definition) is 3. The van der Waals surface area contributed by atoms with E-state index in [1.807, 2.05) is 23.0 Å². The van der Waals surface area contributed by atoms with Crippen LogP contribution in [-0.4, -0.2) is 35.3 Å². The highest BCUT2D eigenvalue weighted by molar-refractivity contribution is 6.34. The summed E-state index contributed by atoms with van der Waals surface area (Å²) in [6, 6.07) is 7.49. The lowest BCUT2D eigenvalue weighted by Crippen LogP contribution is -2.32. The monoisotopic (exact) mass is 366 g/mol. The van der Waals surface area contributed by atoms with Crippen molar-refractivity contribution in [2.45, 2.75) is 25.3 Å². The van der Waals surface area contributed by atoms with Gasteiger partial charge in [0.2, 0.25) is 0 Å². The van der Waals surface area contributed by atoms with Crippen LogP contribution in [0.4, 0.5) is 0 Å². The summed E-state index contributed by atoms with van der Waals surface area (Å²) in [6.07, 6.45) is 4.77. The normalized spacial score (nSPS) is 17.7. The molecule has 0 bridgehead atoms. The summed E-state index contributed by atoms with van der Waals surface area (Å²) < 4.78 is 1.89. The number of amides is 1. The molecule has 7 heteroatoms. The van der Waals surface area contributed by atoms with E-state index >= 15 is 0 Å². The molecule has 128 valence electrons. The zero-order valence-electron chi connectivity index (χ0n) is 13.3. The van der Waals surface area contributed by atoms with Gasteiger partial charge < -0.3 is 10.6 Å². The number of aromatic nitrogens is 2. The highest BCUT2D eigenvalue weighted by Crippen LogP contribution is 2.19. The average molecular weight is 367 g/mol. The standard InChI is InChI=1S/C17H20Cl2N4O/c18-13-8-12(9-14(19)10-13)3-6-21-17(24)16-4-7-23(22-16)15-2-1-5-20-11-15/h4,7-10,15,20H,1-3,5-6,11H2,(H,21,24). The summed E-state index contributed by atoms with van der Waals surface area (Å²) in [7, 11) is 0. The lowest BCUT2D eigenvalue weighted by Gasteiger charge is -2.22. The minimum Gasteiger partial charge on any atom is -0.350 e. The minimum atomic E-state index is -0.161. The van der Waals surface area contributed by atoms with E-state index in [0.29, 0.717) is 34.7 Å². The van der Waals surface area contributed by atoms with Gasteiger partial charge >= 0.3 is 0 Å². The van der Waals surface area contributed by atoms with E-state index < -0.39 is 0 Å². The molecule has 24 heavy (non-hydrogen) atoms. The van der Waals surface area contributed by atoms with Gasteiger partial charge in [-0.1, -0.05) is 23.2 Å². The van der Waals surface area contributed by atoms with Crippen molar-refractivity contribution in [3.05, 3.63) is 51.8 Å².